The first kappa shape index (κ1) is 18.2. The van der Waals surface area contributed by atoms with Gasteiger partial charge in [-0.25, -0.2) is 0 Å². The van der Waals surface area contributed by atoms with Gasteiger partial charge in [-0.05, 0) is 43.6 Å². The third-order valence-electron chi connectivity index (χ3n) is 4.49. The van der Waals surface area contributed by atoms with E-state index in [4.69, 9.17) is 10.5 Å². The van der Waals surface area contributed by atoms with Crippen LogP contribution in [0.1, 0.15) is 38.2 Å². The normalized spacial score (nSPS) is 16.6. The molecule has 1 aliphatic rings. The van der Waals surface area contributed by atoms with Crippen molar-refractivity contribution in [3.05, 3.63) is 29.8 Å². The Morgan fingerprint density at radius 1 is 0.957 bits per heavy atom. The summed E-state index contributed by atoms with van der Waals surface area (Å²) in [5, 5.41) is 0. The molecule has 1 aliphatic heterocycles. The highest BCUT2D eigenvalue weighted by Crippen LogP contribution is 2.15. The van der Waals surface area contributed by atoms with Crippen molar-refractivity contribution < 1.29 is 4.74 Å². The molecular formula is C19H33N3O. The molecule has 1 aromatic carbocycles. The topological polar surface area (TPSA) is 41.7 Å². The lowest BCUT2D eigenvalue weighted by Crippen LogP contribution is -2.46. The maximum Gasteiger partial charge on any atom is 0.119 e. The van der Waals surface area contributed by atoms with Crippen molar-refractivity contribution in [2.75, 3.05) is 45.9 Å². The molecule has 0 radical (unpaired) electrons. The maximum absolute atomic E-state index is 5.77. The number of benzene rings is 1. The number of piperazine rings is 1. The van der Waals surface area contributed by atoms with Crippen LogP contribution in [-0.2, 0) is 6.54 Å². The molecule has 0 spiro atoms. The average molecular weight is 319 g/mol. The van der Waals surface area contributed by atoms with Gasteiger partial charge in [-0.3, -0.25) is 4.90 Å². The largest absolute Gasteiger partial charge is 0.494 e. The van der Waals surface area contributed by atoms with Crippen molar-refractivity contribution in [1.29, 1.82) is 0 Å². The lowest BCUT2D eigenvalue weighted by molar-refractivity contribution is 0.126. The van der Waals surface area contributed by atoms with E-state index in [9.17, 15) is 0 Å². The van der Waals surface area contributed by atoms with E-state index in [1.807, 2.05) is 0 Å². The van der Waals surface area contributed by atoms with Crippen molar-refractivity contribution in [3.63, 3.8) is 0 Å². The summed E-state index contributed by atoms with van der Waals surface area (Å²) in [7, 11) is 0. The first-order chi connectivity index (χ1) is 11.3. The Balaban J connectivity index is 1.68. The molecule has 1 heterocycles. The van der Waals surface area contributed by atoms with Gasteiger partial charge in [0.25, 0.3) is 0 Å². The summed E-state index contributed by atoms with van der Waals surface area (Å²) in [5.41, 5.74) is 6.96. The second-order valence-corrected chi connectivity index (χ2v) is 6.46. The minimum Gasteiger partial charge on any atom is -0.494 e. The van der Waals surface area contributed by atoms with Gasteiger partial charge in [0.05, 0.1) is 6.61 Å². The monoisotopic (exact) mass is 319 g/mol. The summed E-state index contributed by atoms with van der Waals surface area (Å²) in [4.78, 5) is 5.06. The molecule has 0 amide bonds. The summed E-state index contributed by atoms with van der Waals surface area (Å²) >= 11 is 0. The van der Waals surface area contributed by atoms with E-state index in [2.05, 4.69) is 41.0 Å². The van der Waals surface area contributed by atoms with Crippen LogP contribution in [0.5, 0.6) is 5.75 Å². The van der Waals surface area contributed by atoms with Gasteiger partial charge in [-0.15, -0.1) is 0 Å². The first-order valence-electron chi connectivity index (χ1n) is 9.18. The Hall–Kier alpha value is -1.10. The highest BCUT2D eigenvalue weighted by atomic mass is 16.5. The molecular weight excluding hydrogens is 286 g/mol. The molecule has 0 atom stereocenters. The Kier molecular flexibility index (Phi) is 8.43. The van der Waals surface area contributed by atoms with Crippen molar-refractivity contribution in [1.82, 2.24) is 9.80 Å². The molecule has 0 aliphatic carbocycles. The van der Waals surface area contributed by atoms with Crippen molar-refractivity contribution >= 4 is 0 Å². The van der Waals surface area contributed by atoms with Crippen molar-refractivity contribution in [2.45, 2.75) is 39.2 Å². The molecule has 1 aromatic rings. The number of hydrogen-bond acceptors (Lipinski definition) is 4. The van der Waals surface area contributed by atoms with Crippen molar-refractivity contribution in [2.24, 2.45) is 5.73 Å². The Morgan fingerprint density at radius 3 is 2.30 bits per heavy atom. The molecule has 1 fully saturated rings. The van der Waals surface area contributed by atoms with Crippen LogP contribution in [-0.4, -0.2) is 55.7 Å². The summed E-state index contributed by atoms with van der Waals surface area (Å²) < 4.78 is 5.77. The molecule has 130 valence electrons. The molecule has 0 saturated carbocycles. The average Bonchev–Trinajstić information content (AvgIpc) is 2.59. The van der Waals surface area contributed by atoms with Crippen LogP contribution < -0.4 is 10.5 Å². The van der Waals surface area contributed by atoms with E-state index in [0.717, 1.165) is 57.9 Å². The molecule has 4 nitrogen and oxygen atoms in total. The molecule has 23 heavy (non-hydrogen) atoms. The van der Waals surface area contributed by atoms with E-state index in [1.165, 1.54) is 31.5 Å². The number of nitrogens with two attached hydrogens (primary N) is 1. The fraction of sp³-hybridized carbons (Fsp3) is 0.684. The lowest BCUT2D eigenvalue weighted by atomic mass is 10.2. The minimum absolute atomic E-state index is 0.799. The smallest absolute Gasteiger partial charge is 0.119 e. The third-order valence-corrected chi connectivity index (χ3v) is 4.49. The zero-order valence-electron chi connectivity index (χ0n) is 14.7. The predicted octanol–water partition coefficient (Wildman–Crippen LogP) is 2.72. The molecule has 4 heteroatoms. The minimum atomic E-state index is 0.799. The van der Waals surface area contributed by atoms with Gasteiger partial charge < -0.3 is 15.4 Å². The highest BCUT2D eigenvalue weighted by molar-refractivity contribution is 5.27. The zero-order valence-corrected chi connectivity index (χ0v) is 14.7. The summed E-state index contributed by atoms with van der Waals surface area (Å²) in [5.74, 6) is 0.997. The van der Waals surface area contributed by atoms with E-state index >= 15 is 0 Å². The van der Waals surface area contributed by atoms with Gasteiger partial charge in [0.1, 0.15) is 5.75 Å². The second-order valence-electron chi connectivity index (χ2n) is 6.46. The zero-order chi connectivity index (χ0) is 16.3. The third kappa shape index (κ3) is 6.90. The number of unbranched alkanes of at least 4 members (excludes halogenated alkanes) is 2. The number of hydrogen-bond donors (Lipinski definition) is 1. The SMILES string of the molecule is CCCCCOc1ccc(CN2CCN(CCCN)CC2)cc1. The van der Waals surface area contributed by atoms with E-state index < -0.39 is 0 Å². The fourth-order valence-corrected chi connectivity index (χ4v) is 2.98. The lowest BCUT2D eigenvalue weighted by Gasteiger charge is -2.34. The standard InChI is InChI=1S/C19H33N3O/c1-2-3-4-16-23-19-8-6-18(7-9-19)17-22-14-12-21(13-15-22)11-5-10-20/h6-9H,2-5,10-17,20H2,1H3. The molecule has 0 aromatic heterocycles. The van der Waals surface area contributed by atoms with Crippen LogP contribution >= 0.6 is 0 Å². The Labute approximate surface area is 141 Å². The summed E-state index contributed by atoms with van der Waals surface area (Å²) in [6.45, 7) is 10.7. The number of rotatable bonds is 10. The Bertz CT molecular complexity index is 413. The van der Waals surface area contributed by atoms with Gasteiger partial charge in [0, 0.05) is 32.7 Å². The van der Waals surface area contributed by atoms with Crippen molar-refractivity contribution in [3.8, 4) is 5.75 Å². The van der Waals surface area contributed by atoms with E-state index in [0.29, 0.717) is 0 Å². The first-order valence-corrected chi connectivity index (χ1v) is 9.18. The van der Waals surface area contributed by atoms with E-state index in [-0.39, 0.29) is 0 Å². The van der Waals surface area contributed by atoms with E-state index in [1.54, 1.807) is 0 Å². The quantitative estimate of drug-likeness (QED) is 0.673. The summed E-state index contributed by atoms with van der Waals surface area (Å²) in [6, 6.07) is 8.63. The van der Waals surface area contributed by atoms with Crippen LogP contribution in [0.2, 0.25) is 0 Å². The second kappa shape index (κ2) is 10.6. The maximum atomic E-state index is 5.77. The molecule has 0 unspecified atom stereocenters. The van der Waals surface area contributed by atoms with Gasteiger partial charge in [-0.2, -0.15) is 0 Å². The molecule has 1 saturated heterocycles. The van der Waals surface area contributed by atoms with Gasteiger partial charge in [0.15, 0.2) is 0 Å². The predicted molar refractivity (Wildman–Crippen MR) is 96.9 cm³/mol. The number of ether oxygens (including phenoxy) is 1. The molecule has 0 bridgehead atoms. The van der Waals surface area contributed by atoms with Gasteiger partial charge in [0.2, 0.25) is 0 Å². The molecule has 2 rings (SSSR count). The molecule has 2 N–H and O–H groups in total. The van der Waals surface area contributed by atoms with Gasteiger partial charge in [-0.1, -0.05) is 31.9 Å². The van der Waals surface area contributed by atoms with Crippen LogP contribution in [0, 0.1) is 0 Å². The highest BCUT2D eigenvalue weighted by Gasteiger charge is 2.16. The summed E-state index contributed by atoms with van der Waals surface area (Å²) in [6.07, 6.45) is 4.74. The number of nitrogens with zero attached hydrogens (tertiary/aromatic N) is 2. The van der Waals surface area contributed by atoms with Crippen LogP contribution in [0.15, 0.2) is 24.3 Å². The Morgan fingerprint density at radius 2 is 1.65 bits per heavy atom. The van der Waals surface area contributed by atoms with Crippen LogP contribution in [0.25, 0.3) is 0 Å². The van der Waals surface area contributed by atoms with Crippen LogP contribution in [0.3, 0.4) is 0 Å². The van der Waals surface area contributed by atoms with Crippen LogP contribution in [0.4, 0.5) is 0 Å². The fourth-order valence-electron chi connectivity index (χ4n) is 2.98. The van der Waals surface area contributed by atoms with Gasteiger partial charge >= 0.3 is 0 Å².